The van der Waals surface area contributed by atoms with Gasteiger partial charge in [0.1, 0.15) is 12.3 Å². The van der Waals surface area contributed by atoms with Crippen LogP contribution in [-0.4, -0.2) is 86.3 Å². The van der Waals surface area contributed by atoms with E-state index in [1.165, 1.54) is 5.69 Å². The van der Waals surface area contributed by atoms with Gasteiger partial charge in [0.2, 0.25) is 11.8 Å². The summed E-state index contributed by atoms with van der Waals surface area (Å²) in [7, 11) is 1.67. The topological polar surface area (TPSA) is 94.6 Å². The van der Waals surface area contributed by atoms with Crippen LogP contribution in [0.4, 0.5) is 10.5 Å². The van der Waals surface area contributed by atoms with E-state index in [-0.39, 0.29) is 12.5 Å². The zero-order valence-corrected chi connectivity index (χ0v) is 18.8. The first-order valence-corrected chi connectivity index (χ1v) is 11.2. The number of imide groups is 1. The molecule has 0 spiro atoms. The Balaban J connectivity index is 1.15. The van der Waals surface area contributed by atoms with Crippen molar-refractivity contribution in [2.45, 2.75) is 6.42 Å². The molecule has 1 aliphatic carbocycles. The number of nitrogens with zero attached hydrogens (tertiary/aromatic N) is 4. The summed E-state index contributed by atoms with van der Waals surface area (Å²) in [6.45, 7) is 4.89. The molecule has 1 unspecified atom stereocenters. The second-order valence-electron chi connectivity index (χ2n) is 8.20. The lowest BCUT2D eigenvalue weighted by atomic mass is 9.95. The summed E-state index contributed by atoms with van der Waals surface area (Å²) in [5, 5.41) is 2.81. The molecule has 1 atom stereocenters. The molecule has 1 fully saturated rings. The number of benzene rings is 1. The fourth-order valence-electron chi connectivity index (χ4n) is 4.18. The Bertz CT molecular complexity index is 977. The second-order valence-corrected chi connectivity index (χ2v) is 8.20. The number of ether oxygens (including phenoxy) is 1. The van der Waals surface area contributed by atoms with E-state index in [4.69, 9.17) is 4.74 Å². The third kappa shape index (κ3) is 5.48. The van der Waals surface area contributed by atoms with Crippen LogP contribution in [0.2, 0.25) is 0 Å². The predicted molar refractivity (Wildman–Crippen MR) is 126 cm³/mol. The molecule has 1 N–H and O–H groups in total. The van der Waals surface area contributed by atoms with Crippen molar-refractivity contribution in [3.8, 4) is 5.75 Å². The van der Waals surface area contributed by atoms with Crippen LogP contribution in [0, 0.1) is 5.92 Å². The Hall–Kier alpha value is -3.46. The minimum Gasteiger partial charge on any atom is -0.497 e. The largest absolute Gasteiger partial charge is 0.497 e. The average Bonchev–Trinajstić information content (AvgIpc) is 2.85. The molecule has 2 heterocycles. The van der Waals surface area contributed by atoms with Crippen molar-refractivity contribution in [2.24, 2.45) is 10.9 Å². The van der Waals surface area contributed by atoms with Gasteiger partial charge in [-0.2, -0.15) is 4.99 Å². The fraction of sp³-hybridized carbons (Fsp3) is 0.417. The first kappa shape index (κ1) is 22.7. The number of carbonyl (C=O) groups is 3. The molecule has 174 valence electrons. The number of hydrogen-bond acceptors (Lipinski definition) is 6. The molecule has 0 aromatic heterocycles. The van der Waals surface area contributed by atoms with E-state index in [1.54, 1.807) is 31.4 Å². The first-order chi connectivity index (χ1) is 16.0. The summed E-state index contributed by atoms with van der Waals surface area (Å²) < 4.78 is 5.22. The third-order valence-electron chi connectivity index (χ3n) is 6.07. The Morgan fingerprint density at radius 3 is 2.61 bits per heavy atom. The van der Waals surface area contributed by atoms with Gasteiger partial charge in [-0.05, 0) is 43.3 Å². The van der Waals surface area contributed by atoms with E-state index in [9.17, 15) is 14.4 Å². The van der Waals surface area contributed by atoms with Gasteiger partial charge in [-0.25, -0.2) is 4.79 Å². The summed E-state index contributed by atoms with van der Waals surface area (Å²) in [4.78, 5) is 46.6. The molecule has 9 nitrogen and oxygen atoms in total. The van der Waals surface area contributed by atoms with Gasteiger partial charge in [-0.1, -0.05) is 18.2 Å². The number of urea groups is 1. The van der Waals surface area contributed by atoms with Gasteiger partial charge >= 0.3 is 6.03 Å². The zero-order valence-electron chi connectivity index (χ0n) is 18.8. The van der Waals surface area contributed by atoms with E-state index in [0.29, 0.717) is 12.3 Å². The molecule has 33 heavy (non-hydrogen) atoms. The third-order valence-corrected chi connectivity index (χ3v) is 6.07. The molecule has 0 bridgehead atoms. The van der Waals surface area contributed by atoms with Crippen molar-refractivity contribution in [1.82, 2.24) is 15.1 Å². The maximum absolute atomic E-state index is 12.5. The molecule has 1 aromatic rings. The molecule has 4 rings (SSSR count). The highest BCUT2D eigenvalue weighted by molar-refractivity contribution is 6.22. The van der Waals surface area contributed by atoms with Crippen LogP contribution < -0.4 is 15.0 Å². The van der Waals surface area contributed by atoms with Gasteiger partial charge in [0.25, 0.3) is 0 Å². The number of hydrogen-bond donors (Lipinski definition) is 1. The summed E-state index contributed by atoms with van der Waals surface area (Å²) in [5.74, 6) is -0.489. The van der Waals surface area contributed by atoms with Crippen LogP contribution in [0.5, 0.6) is 5.75 Å². The standard InChI is InChI=1S/C24H29N5O4/c1-33-19-9-7-18(8-10-19)28-15-13-27(14-16-28)12-4-11-25-22(30)17-29-23(31)20-5-2-3-6-21(20)26-24(29)32/h2-3,5-10,20H,4,11-17H2,1H3,(H,25,30). The Morgan fingerprint density at radius 2 is 1.88 bits per heavy atom. The number of piperazine rings is 1. The van der Waals surface area contributed by atoms with E-state index in [0.717, 1.165) is 49.8 Å². The van der Waals surface area contributed by atoms with Crippen molar-refractivity contribution in [2.75, 3.05) is 57.8 Å². The highest BCUT2D eigenvalue weighted by Crippen LogP contribution is 2.21. The molecule has 1 saturated heterocycles. The average molecular weight is 452 g/mol. The molecule has 9 heteroatoms. The molecular formula is C24H29N5O4. The van der Waals surface area contributed by atoms with E-state index in [2.05, 4.69) is 32.2 Å². The molecule has 4 amide bonds. The Morgan fingerprint density at radius 1 is 1.12 bits per heavy atom. The summed E-state index contributed by atoms with van der Waals surface area (Å²) >= 11 is 0. The van der Waals surface area contributed by atoms with Crippen LogP contribution in [0.25, 0.3) is 0 Å². The van der Waals surface area contributed by atoms with Crippen LogP contribution >= 0.6 is 0 Å². The van der Waals surface area contributed by atoms with Crippen LogP contribution in [0.15, 0.2) is 53.6 Å². The van der Waals surface area contributed by atoms with Gasteiger partial charge in [-0.15, -0.1) is 0 Å². The second kappa shape index (κ2) is 10.4. The summed E-state index contributed by atoms with van der Waals surface area (Å²) in [6.07, 6.45) is 7.61. The SMILES string of the molecule is COc1ccc(N2CCN(CCCNC(=O)CN3C(=O)N=C4C=CC=CC4C3=O)CC2)cc1. The summed E-state index contributed by atoms with van der Waals surface area (Å²) in [5.41, 5.74) is 1.62. The van der Waals surface area contributed by atoms with Crippen molar-refractivity contribution in [3.05, 3.63) is 48.6 Å². The van der Waals surface area contributed by atoms with Crippen molar-refractivity contribution in [3.63, 3.8) is 0 Å². The van der Waals surface area contributed by atoms with Gasteiger partial charge in [0, 0.05) is 38.4 Å². The molecule has 2 aliphatic heterocycles. The fourth-order valence-corrected chi connectivity index (χ4v) is 4.18. The maximum atomic E-state index is 12.5. The first-order valence-electron chi connectivity index (χ1n) is 11.2. The maximum Gasteiger partial charge on any atom is 0.351 e. The molecule has 0 saturated carbocycles. The number of aliphatic imine (C=N–C) groups is 1. The minimum absolute atomic E-state index is 0.303. The lowest BCUT2D eigenvalue weighted by Gasteiger charge is -2.36. The van der Waals surface area contributed by atoms with E-state index < -0.39 is 17.9 Å². The summed E-state index contributed by atoms with van der Waals surface area (Å²) in [6, 6.07) is 7.42. The number of carbonyl (C=O) groups excluding carboxylic acids is 3. The van der Waals surface area contributed by atoms with E-state index >= 15 is 0 Å². The number of nitrogens with one attached hydrogen (secondary N) is 1. The van der Waals surface area contributed by atoms with Crippen molar-refractivity contribution in [1.29, 1.82) is 0 Å². The minimum atomic E-state index is -0.684. The Labute approximate surface area is 193 Å². The highest BCUT2D eigenvalue weighted by atomic mass is 16.5. The number of rotatable bonds is 8. The lowest BCUT2D eigenvalue weighted by molar-refractivity contribution is -0.134. The number of methoxy groups -OCH3 is 1. The molecule has 1 aromatic carbocycles. The molecule has 0 radical (unpaired) electrons. The molecular weight excluding hydrogens is 422 g/mol. The van der Waals surface area contributed by atoms with Crippen molar-refractivity contribution < 1.29 is 19.1 Å². The predicted octanol–water partition coefficient (Wildman–Crippen LogP) is 1.47. The number of amides is 4. The Kier molecular flexibility index (Phi) is 7.19. The van der Waals surface area contributed by atoms with Crippen LogP contribution in [0.3, 0.4) is 0 Å². The normalized spacial score (nSPS) is 20.5. The van der Waals surface area contributed by atoms with E-state index in [1.807, 2.05) is 12.1 Å². The van der Waals surface area contributed by atoms with Crippen LogP contribution in [0.1, 0.15) is 6.42 Å². The van der Waals surface area contributed by atoms with Gasteiger partial charge in [0.05, 0.1) is 18.7 Å². The number of anilines is 1. The quantitative estimate of drug-likeness (QED) is 0.602. The van der Waals surface area contributed by atoms with Crippen LogP contribution in [-0.2, 0) is 9.59 Å². The number of fused-ring (bicyclic) bond motifs is 1. The van der Waals surface area contributed by atoms with Gasteiger partial charge < -0.3 is 15.0 Å². The zero-order chi connectivity index (χ0) is 23.2. The monoisotopic (exact) mass is 451 g/mol. The smallest absolute Gasteiger partial charge is 0.351 e. The highest BCUT2D eigenvalue weighted by Gasteiger charge is 2.36. The lowest BCUT2D eigenvalue weighted by Crippen LogP contribution is -2.50. The number of allylic oxidation sites excluding steroid dienone is 3. The van der Waals surface area contributed by atoms with Gasteiger partial charge in [0.15, 0.2) is 0 Å². The molecule has 3 aliphatic rings. The van der Waals surface area contributed by atoms with Crippen molar-refractivity contribution >= 4 is 29.2 Å². The van der Waals surface area contributed by atoms with Gasteiger partial charge in [-0.3, -0.25) is 19.4 Å².